The molecule has 7 atom stereocenters. The molecule has 2 nitrogen and oxygen atoms in total. The predicted octanol–water partition coefficient (Wildman–Crippen LogP) is 11.8. The molecule has 0 bridgehead atoms. The van der Waals surface area contributed by atoms with Gasteiger partial charge in [-0.3, -0.25) is 4.79 Å². The average Bonchev–Trinajstić information content (AvgIpc) is 2.91. The van der Waals surface area contributed by atoms with Gasteiger partial charge in [0.2, 0.25) is 0 Å². The molecule has 0 saturated heterocycles. The number of hydrogen-bond donors (Lipinski definition) is 0. The summed E-state index contributed by atoms with van der Waals surface area (Å²) >= 11 is 0. The molecule has 5 aliphatic rings. The maximum absolute atomic E-state index is 13.0. The third kappa shape index (κ3) is 5.29. The summed E-state index contributed by atoms with van der Waals surface area (Å²) in [6.07, 6.45) is 26.1. The zero-order chi connectivity index (χ0) is 30.6. The fraction of sp³-hybridized carbons (Fsp3) is 0.875. The van der Waals surface area contributed by atoms with Crippen LogP contribution in [-0.4, -0.2) is 12.1 Å². The van der Waals surface area contributed by atoms with Crippen LogP contribution >= 0.6 is 0 Å². The van der Waals surface area contributed by atoms with Crippen molar-refractivity contribution in [2.75, 3.05) is 0 Å². The summed E-state index contributed by atoms with van der Waals surface area (Å²) in [5.74, 6) is 1.32. The van der Waals surface area contributed by atoms with Crippen molar-refractivity contribution in [3.8, 4) is 0 Å². The smallest absolute Gasteiger partial charge is 0.306 e. The summed E-state index contributed by atoms with van der Waals surface area (Å²) in [7, 11) is 0. The number of unbranched alkanes of at least 4 members (excludes halogenated alkanes) is 6. The van der Waals surface area contributed by atoms with Crippen molar-refractivity contribution in [1.82, 2.24) is 0 Å². The summed E-state index contributed by atoms with van der Waals surface area (Å²) in [5, 5.41) is 0. The minimum absolute atomic E-state index is 0.00555. The molecule has 5 rings (SSSR count). The first-order valence-electron chi connectivity index (χ1n) is 18.3. The highest BCUT2D eigenvalue weighted by Crippen LogP contribution is 2.74. The minimum Gasteiger partial charge on any atom is -0.462 e. The molecule has 0 aliphatic heterocycles. The van der Waals surface area contributed by atoms with Gasteiger partial charge in [0.25, 0.3) is 0 Å². The van der Waals surface area contributed by atoms with Crippen LogP contribution in [0.1, 0.15) is 171 Å². The van der Waals surface area contributed by atoms with Gasteiger partial charge in [-0.1, -0.05) is 124 Å². The lowest BCUT2D eigenvalue weighted by Crippen LogP contribution is -2.61. The molecule has 0 aromatic heterocycles. The molecule has 4 fully saturated rings. The molecule has 0 aromatic carbocycles. The van der Waals surface area contributed by atoms with Crippen molar-refractivity contribution in [3.63, 3.8) is 0 Å². The van der Waals surface area contributed by atoms with Gasteiger partial charge in [0.05, 0.1) is 0 Å². The van der Waals surface area contributed by atoms with Gasteiger partial charge in [-0.05, 0) is 103 Å². The second-order valence-corrected chi connectivity index (χ2v) is 18.2. The maximum Gasteiger partial charge on any atom is 0.306 e. The van der Waals surface area contributed by atoms with E-state index in [2.05, 4.69) is 74.5 Å². The third-order valence-corrected chi connectivity index (χ3v) is 14.7. The Hall–Kier alpha value is -1.05. The van der Waals surface area contributed by atoms with Crippen molar-refractivity contribution in [2.45, 2.75) is 178 Å². The average molecular weight is 579 g/mol. The second kappa shape index (κ2) is 11.4. The van der Waals surface area contributed by atoms with E-state index in [0.29, 0.717) is 23.2 Å². The van der Waals surface area contributed by atoms with Crippen LogP contribution in [0.15, 0.2) is 23.3 Å². The molecule has 0 N–H and O–H groups in total. The molecule has 5 aliphatic carbocycles. The van der Waals surface area contributed by atoms with Crippen LogP contribution in [0.25, 0.3) is 0 Å². The van der Waals surface area contributed by atoms with Gasteiger partial charge in [-0.15, -0.1) is 0 Å². The number of rotatable bonds is 9. The van der Waals surface area contributed by atoms with Gasteiger partial charge < -0.3 is 4.74 Å². The summed E-state index contributed by atoms with van der Waals surface area (Å²) < 4.78 is 6.33. The van der Waals surface area contributed by atoms with Crippen molar-refractivity contribution in [1.29, 1.82) is 0 Å². The highest BCUT2D eigenvalue weighted by atomic mass is 16.5. The first-order chi connectivity index (χ1) is 19.6. The van der Waals surface area contributed by atoms with Gasteiger partial charge >= 0.3 is 5.97 Å². The highest BCUT2D eigenvalue weighted by molar-refractivity contribution is 5.69. The van der Waals surface area contributed by atoms with E-state index in [4.69, 9.17) is 4.74 Å². The molecule has 0 aromatic rings. The first-order valence-corrected chi connectivity index (χ1v) is 18.3. The molecule has 0 unspecified atom stereocenters. The van der Waals surface area contributed by atoms with Gasteiger partial charge in [-0.25, -0.2) is 0 Å². The quantitative estimate of drug-likeness (QED) is 0.201. The first kappa shape index (κ1) is 32.3. The molecule has 0 amide bonds. The molecule has 0 heterocycles. The number of allylic oxidation sites excluding steroid dienone is 4. The summed E-state index contributed by atoms with van der Waals surface area (Å²) in [6, 6.07) is 0. The van der Waals surface area contributed by atoms with Crippen molar-refractivity contribution < 1.29 is 9.53 Å². The van der Waals surface area contributed by atoms with Crippen LogP contribution in [0, 0.1) is 44.3 Å². The fourth-order valence-electron chi connectivity index (χ4n) is 11.5. The number of esters is 1. The van der Waals surface area contributed by atoms with E-state index in [1.165, 1.54) is 77.0 Å². The summed E-state index contributed by atoms with van der Waals surface area (Å²) in [5.41, 5.74) is 5.11. The Balaban J connectivity index is 1.32. The summed E-state index contributed by atoms with van der Waals surface area (Å²) in [6.45, 7) is 22.7. The van der Waals surface area contributed by atoms with E-state index < -0.39 is 0 Å². The monoisotopic (exact) mass is 579 g/mol. The molecular weight excluding hydrogens is 512 g/mol. The zero-order valence-electron chi connectivity index (χ0n) is 29.2. The van der Waals surface area contributed by atoms with Gasteiger partial charge in [0.15, 0.2) is 0 Å². The summed E-state index contributed by atoms with van der Waals surface area (Å²) in [4.78, 5) is 13.0. The van der Waals surface area contributed by atoms with Crippen LogP contribution in [0.4, 0.5) is 0 Å². The lowest BCUT2D eigenvalue weighted by molar-refractivity contribution is -0.174. The number of hydrogen-bond acceptors (Lipinski definition) is 2. The van der Waals surface area contributed by atoms with E-state index in [0.717, 1.165) is 31.6 Å². The molecule has 2 heteroatoms. The van der Waals surface area contributed by atoms with Crippen molar-refractivity contribution >= 4 is 5.97 Å². The number of carbonyl (C=O) groups is 1. The molecule has 4 saturated carbocycles. The molecule has 0 spiro atoms. The molecule has 42 heavy (non-hydrogen) atoms. The lowest BCUT2D eigenvalue weighted by atomic mass is 9.36. The van der Waals surface area contributed by atoms with E-state index in [-0.39, 0.29) is 33.7 Å². The minimum atomic E-state index is -0.00555. The topological polar surface area (TPSA) is 26.3 Å². The maximum atomic E-state index is 13.0. The van der Waals surface area contributed by atoms with E-state index in [1.54, 1.807) is 11.1 Å². The Morgan fingerprint density at radius 3 is 2.14 bits per heavy atom. The van der Waals surface area contributed by atoms with E-state index in [1.807, 2.05) is 0 Å². The normalized spacial score (nSPS) is 41.8. The zero-order valence-corrected chi connectivity index (χ0v) is 29.2. The second-order valence-electron chi connectivity index (χ2n) is 18.2. The number of fused-ring (bicyclic) bond motifs is 7. The predicted molar refractivity (Wildman–Crippen MR) is 177 cm³/mol. The lowest BCUT2D eigenvalue weighted by Gasteiger charge is -2.68. The Labute approximate surface area is 260 Å². The number of carbonyl (C=O) groups excluding carboxylic acids is 1. The van der Waals surface area contributed by atoms with Crippen molar-refractivity contribution in [3.05, 3.63) is 23.3 Å². The Morgan fingerprint density at radius 1 is 0.762 bits per heavy atom. The van der Waals surface area contributed by atoms with E-state index in [9.17, 15) is 4.79 Å². The van der Waals surface area contributed by atoms with Crippen LogP contribution in [-0.2, 0) is 9.53 Å². The molecule has 238 valence electrons. The Bertz CT molecular complexity index is 1080. The van der Waals surface area contributed by atoms with Gasteiger partial charge in [0, 0.05) is 11.8 Å². The Morgan fingerprint density at radius 2 is 1.43 bits per heavy atom. The molecule has 0 radical (unpaired) electrons. The SMILES string of the molecule is CCCCCCCCCC(=O)O[C@H]1CC[C@]2(C)C3=CC=C4[C@@H]5CC(C)(C)CC[C@]5(C)CC[C@@]4(C)[C@]3(C)CC[C@H]2C1(C)C. The van der Waals surface area contributed by atoms with E-state index >= 15 is 0 Å². The van der Waals surface area contributed by atoms with Crippen LogP contribution in [0.3, 0.4) is 0 Å². The van der Waals surface area contributed by atoms with Crippen molar-refractivity contribution in [2.24, 2.45) is 44.3 Å². The Kier molecular flexibility index (Phi) is 8.77. The molecular formula is C40H66O2. The third-order valence-electron chi connectivity index (χ3n) is 14.7. The van der Waals surface area contributed by atoms with Crippen LogP contribution in [0.2, 0.25) is 0 Å². The standard InChI is InChI=1S/C40H66O2/c1-10-11-12-13-14-15-16-17-34(41)42-33-21-22-38(7)31(36(33,4)5)20-23-40(9)32(38)19-18-29-30-28-35(2,3)24-25-37(30,6)26-27-39(29,40)8/h18-19,30-31,33H,10-17,20-28H2,1-9H3/t30-,31-,33-,37+,38-,39+,40+/m0/s1. The van der Waals surface area contributed by atoms with Crippen LogP contribution < -0.4 is 0 Å². The number of ether oxygens (including phenoxy) is 1. The largest absolute Gasteiger partial charge is 0.462 e. The van der Waals surface area contributed by atoms with Gasteiger partial charge in [-0.2, -0.15) is 0 Å². The van der Waals surface area contributed by atoms with Crippen LogP contribution in [0.5, 0.6) is 0 Å². The highest BCUT2D eigenvalue weighted by Gasteiger charge is 2.66. The van der Waals surface area contributed by atoms with Gasteiger partial charge in [0.1, 0.15) is 6.10 Å². The fourth-order valence-corrected chi connectivity index (χ4v) is 11.5.